The average molecular weight is 676 g/mol. The first-order chi connectivity index (χ1) is 26.0. The fraction of sp³-hybridized carbons (Fsp3) is 0.0588. The summed E-state index contributed by atoms with van der Waals surface area (Å²) in [6.07, 6.45) is 0. The predicted octanol–water partition coefficient (Wildman–Crippen LogP) is 11.2. The Kier molecular flexibility index (Phi) is 7.33. The molecule has 1 nitrogen and oxygen atoms in total. The Morgan fingerprint density at radius 3 is 1.45 bits per heavy atom. The van der Waals surface area contributed by atoms with Crippen LogP contribution in [-0.2, 0) is 0 Å². The van der Waals surface area contributed by atoms with Crippen LogP contribution in [0.4, 0.5) is 0 Å². The van der Waals surface area contributed by atoms with Crippen molar-refractivity contribution >= 4 is 44.9 Å². The minimum absolute atomic E-state index is 0.0608. The van der Waals surface area contributed by atoms with Crippen molar-refractivity contribution in [2.24, 2.45) is 0 Å². The molecule has 250 valence electrons. The van der Waals surface area contributed by atoms with Gasteiger partial charge in [-0.05, 0) is 100 Å². The third-order valence-corrected chi connectivity index (χ3v) is 11.3. The van der Waals surface area contributed by atoms with Crippen LogP contribution in [0.15, 0.2) is 176 Å². The van der Waals surface area contributed by atoms with Crippen LogP contribution in [0.25, 0.3) is 72.0 Å². The van der Waals surface area contributed by atoms with E-state index in [-0.39, 0.29) is 6.71 Å². The van der Waals surface area contributed by atoms with Crippen molar-refractivity contribution in [1.29, 1.82) is 0 Å². The normalized spacial score (nSPS) is 12.0. The largest absolute Gasteiger partial charge is 0.310 e. The van der Waals surface area contributed by atoms with E-state index < -0.39 is 0 Å². The van der Waals surface area contributed by atoms with E-state index in [2.05, 4.69) is 201 Å². The molecule has 8 aromatic carbocycles. The molecule has 10 rings (SSSR count). The maximum Gasteiger partial charge on any atom is 0.247 e. The molecule has 0 bridgehead atoms. The van der Waals surface area contributed by atoms with E-state index in [1.54, 1.807) is 0 Å². The van der Waals surface area contributed by atoms with Crippen molar-refractivity contribution in [2.75, 3.05) is 0 Å². The summed E-state index contributed by atoms with van der Waals surface area (Å²) in [6, 6.07) is 65.2. The molecule has 0 spiro atoms. The van der Waals surface area contributed by atoms with Crippen LogP contribution in [0, 0.1) is 20.8 Å². The molecule has 0 aliphatic carbocycles. The number of hydrogen-bond donors (Lipinski definition) is 0. The monoisotopic (exact) mass is 675 g/mol. The highest BCUT2D eigenvalue weighted by molar-refractivity contribution is 6.98. The van der Waals surface area contributed by atoms with Crippen LogP contribution < -0.4 is 16.4 Å². The first-order valence-electron chi connectivity index (χ1n) is 18.6. The maximum atomic E-state index is 2.55. The number of nitrogens with zero attached hydrogens (tertiary/aromatic N) is 1. The van der Waals surface area contributed by atoms with Gasteiger partial charge in [-0.15, -0.1) is 0 Å². The van der Waals surface area contributed by atoms with Gasteiger partial charge in [-0.2, -0.15) is 0 Å². The lowest BCUT2D eigenvalue weighted by atomic mass is 9.34. The fourth-order valence-corrected chi connectivity index (χ4v) is 9.04. The van der Waals surface area contributed by atoms with Gasteiger partial charge in [0.05, 0.1) is 5.52 Å². The lowest BCUT2D eigenvalue weighted by molar-refractivity contribution is 1.19. The van der Waals surface area contributed by atoms with Crippen LogP contribution in [-0.4, -0.2) is 11.3 Å². The molecule has 1 aliphatic rings. The summed E-state index contributed by atoms with van der Waals surface area (Å²) in [6.45, 7) is 6.88. The van der Waals surface area contributed by atoms with Crippen molar-refractivity contribution in [1.82, 2.24) is 4.57 Å². The van der Waals surface area contributed by atoms with Gasteiger partial charge in [0.2, 0.25) is 6.71 Å². The number of aromatic nitrogens is 1. The zero-order chi connectivity index (χ0) is 35.6. The lowest BCUT2D eigenvalue weighted by Gasteiger charge is -2.30. The summed E-state index contributed by atoms with van der Waals surface area (Å²) in [5.74, 6) is 0. The molecule has 53 heavy (non-hydrogen) atoms. The Hall–Kier alpha value is -6.38. The van der Waals surface area contributed by atoms with E-state index in [9.17, 15) is 0 Å². The van der Waals surface area contributed by atoms with Gasteiger partial charge in [0.25, 0.3) is 0 Å². The lowest BCUT2D eigenvalue weighted by Crippen LogP contribution is -2.57. The van der Waals surface area contributed by atoms with Gasteiger partial charge < -0.3 is 4.57 Å². The van der Waals surface area contributed by atoms with Crippen LogP contribution in [0.5, 0.6) is 0 Å². The summed E-state index contributed by atoms with van der Waals surface area (Å²) in [4.78, 5) is 0. The van der Waals surface area contributed by atoms with Crippen molar-refractivity contribution in [2.45, 2.75) is 20.8 Å². The molecule has 2 heterocycles. The third kappa shape index (κ3) is 5.17. The van der Waals surface area contributed by atoms with Crippen LogP contribution in [0.3, 0.4) is 0 Å². The first-order valence-corrected chi connectivity index (χ1v) is 18.6. The minimum Gasteiger partial charge on any atom is -0.310 e. The van der Waals surface area contributed by atoms with Gasteiger partial charge in [-0.1, -0.05) is 174 Å². The molecule has 0 unspecified atom stereocenters. The highest BCUT2D eigenvalue weighted by Crippen LogP contribution is 2.39. The van der Waals surface area contributed by atoms with E-state index in [0.717, 1.165) is 0 Å². The molecule has 0 atom stereocenters. The van der Waals surface area contributed by atoms with Crippen LogP contribution in [0.2, 0.25) is 0 Å². The summed E-state index contributed by atoms with van der Waals surface area (Å²) in [5.41, 5.74) is 21.8. The molecule has 0 N–H and O–H groups in total. The van der Waals surface area contributed by atoms with Gasteiger partial charge in [0.1, 0.15) is 0 Å². The van der Waals surface area contributed by atoms with Crippen LogP contribution in [0.1, 0.15) is 16.7 Å². The SMILES string of the molecule is Cc1cc(C)c(B2c3cc(-c4ccc(-c5ccccc5)cc4)ccc3-n3c4ccc(-c5ccccc5)cc4c4cc(-c5ccccc5)cc2c43)c(C)c1. The molecule has 2 heteroatoms. The number of hydrogen-bond acceptors (Lipinski definition) is 0. The first kappa shape index (κ1) is 31.4. The van der Waals surface area contributed by atoms with Crippen LogP contribution >= 0.6 is 0 Å². The molecule has 0 amide bonds. The molecule has 1 aliphatic heterocycles. The average Bonchev–Trinajstić information content (AvgIpc) is 3.53. The van der Waals surface area contributed by atoms with E-state index in [4.69, 9.17) is 0 Å². The van der Waals surface area contributed by atoms with Gasteiger partial charge in [0, 0.05) is 22.0 Å². The number of rotatable bonds is 5. The van der Waals surface area contributed by atoms with Gasteiger partial charge >= 0.3 is 0 Å². The van der Waals surface area contributed by atoms with E-state index in [0.29, 0.717) is 0 Å². The topological polar surface area (TPSA) is 4.93 Å². The molecular formula is C51H38BN. The Bertz CT molecular complexity index is 2810. The third-order valence-electron chi connectivity index (χ3n) is 11.3. The van der Waals surface area contributed by atoms with E-state index >= 15 is 0 Å². The summed E-state index contributed by atoms with van der Waals surface area (Å²) in [5, 5.41) is 2.58. The number of aryl methyl sites for hydroxylation is 3. The summed E-state index contributed by atoms with van der Waals surface area (Å²) < 4.78 is 2.55. The standard InChI is InChI=1S/C51H38BN/c1-33-27-34(2)50(35(3)28-33)52-46-31-42(40-21-19-39(20-22-40)36-13-7-4-8-14-36)24-26-49(46)53-48-25-23-41(37-15-9-5-10-16-37)29-44(48)45-30-43(32-47(52)51(45)53)38-17-11-6-12-18-38/h4-32H,1-3H3. The van der Waals surface area contributed by atoms with E-state index in [1.165, 1.54) is 105 Å². The van der Waals surface area contributed by atoms with Gasteiger partial charge in [0.15, 0.2) is 0 Å². The Labute approximate surface area is 311 Å². The van der Waals surface area contributed by atoms with Gasteiger partial charge in [-0.3, -0.25) is 0 Å². The van der Waals surface area contributed by atoms with Crippen molar-refractivity contribution in [3.63, 3.8) is 0 Å². The highest BCUT2D eigenvalue weighted by atomic mass is 15.0. The zero-order valence-corrected chi connectivity index (χ0v) is 30.3. The quantitative estimate of drug-likeness (QED) is 0.160. The second-order valence-electron chi connectivity index (χ2n) is 14.7. The Morgan fingerprint density at radius 2 is 0.830 bits per heavy atom. The molecule has 1 aromatic heterocycles. The van der Waals surface area contributed by atoms with Crippen molar-refractivity contribution < 1.29 is 0 Å². The van der Waals surface area contributed by atoms with Crippen molar-refractivity contribution in [3.8, 4) is 50.2 Å². The number of fused-ring (bicyclic) bond motifs is 5. The number of benzene rings is 8. The maximum absolute atomic E-state index is 2.55. The molecule has 0 saturated heterocycles. The summed E-state index contributed by atoms with van der Waals surface area (Å²) >= 11 is 0. The molecule has 0 saturated carbocycles. The zero-order valence-electron chi connectivity index (χ0n) is 30.3. The molecular weight excluding hydrogens is 637 g/mol. The van der Waals surface area contributed by atoms with E-state index in [1.807, 2.05) is 0 Å². The predicted molar refractivity (Wildman–Crippen MR) is 228 cm³/mol. The summed E-state index contributed by atoms with van der Waals surface area (Å²) in [7, 11) is 0. The Morgan fingerprint density at radius 1 is 0.377 bits per heavy atom. The molecule has 0 radical (unpaired) electrons. The minimum atomic E-state index is 0.0608. The fourth-order valence-electron chi connectivity index (χ4n) is 9.04. The second-order valence-corrected chi connectivity index (χ2v) is 14.7. The van der Waals surface area contributed by atoms with Gasteiger partial charge in [-0.25, -0.2) is 0 Å². The smallest absolute Gasteiger partial charge is 0.247 e. The highest BCUT2D eigenvalue weighted by Gasteiger charge is 2.36. The second kappa shape index (κ2) is 12.4. The van der Waals surface area contributed by atoms with Crippen molar-refractivity contribution in [3.05, 3.63) is 193 Å². The molecule has 9 aromatic rings. The Balaban J connectivity index is 1.27. The molecule has 0 fully saturated rings.